The van der Waals surface area contributed by atoms with Crippen LogP contribution in [0.15, 0.2) is 24.3 Å². The minimum absolute atomic E-state index is 0.700. The van der Waals surface area contributed by atoms with Crippen LogP contribution in [-0.2, 0) is 17.9 Å². The third kappa shape index (κ3) is 4.01. The molecule has 0 spiro atoms. The van der Waals surface area contributed by atoms with Gasteiger partial charge in [0.25, 0.3) is 0 Å². The molecule has 1 N–H and O–H groups in total. The predicted molar refractivity (Wildman–Crippen MR) is 78.9 cm³/mol. The molecule has 2 nitrogen and oxygen atoms in total. The molecule has 0 bridgehead atoms. The van der Waals surface area contributed by atoms with Gasteiger partial charge in [0.2, 0.25) is 0 Å². The summed E-state index contributed by atoms with van der Waals surface area (Å²) in [5.74, 6) is 0. The van der Waals surface area contributed by atoms with Gasteiger partial charge in [-0.15, -0.1) is 0 Å². The summed E-state index contributed by atoms with van der Waals surface area (Å²) in [6.45, 7) is 1.69. The van der Waals surface area contributed by atoms with Gasteiger partial charge in [0.1, 0.15) is 0 Å². The van der Waals surface area contributed by atoms with Crippen molar-refractivity contribution in [2.24, 2.45) is 0 Å². The van der Waals surface area contributed by atoms with Crippen LogP contribution >= 0.6 is 11.8 Å². The SMILES string of the molecule is COCc1ccc(CNC2CCC(SC)C2)cc1. The van der Waals surface area contributed by atoms with Gasteiger partial charge in [-0.25, -0.2) is 0 Å². The van der Waals surface area contributed by atoms with Crippen LogP contribution < -0.4 is 5.32 Å². The molecule has 2 rings (SSSR count). The van der Waals surface area contributed by atoms with E-state index in [1.165, 1.54) is 30.4 Å². The zero-order valence-corrected chi connectivity index (χ0v) is 12.1. The first-order valence-corrected chi connectivity index (χ1v) is 7.93. The molecule has 2 atom stereocenters. The largest absolute Gasteiger partial charge is 0.380 e. The van der Waals surface area contributed by atoms with Crippen LogP contribution in [0.2, 0.25) is 0 Å². The minimum atomic E-state index is 0.700. The highest BCUT2D eigenvalue weighted by Crippen LogP contribution is 2.28. The number of hydrogen-bond acceptors (Lipinski definition) is 3. The summed E-state index contributed by atoms with van der Waals surface area (Å²) in [7, 11) is 1.73. The molecule has 100 valence electrons. The van der Waals surface area contributed by atoms with Crippen molar-refractivity contribution >= 4 is 11.8 Å². The minimum Gasteiger partial charge on any atom is -0.380 e. The van der Waals surface area contributed by atoms with Gasteiger partial charge in [-0.2, -0.15) is 11.8 Å². The first-order valence-electron chi connectivity index (χ1n) is 6.64. The predicted octanol–water partition coefficient (Wildman–Crippen LogP) is 3.21. The Kier molecular flexibility index (Phi) is 5.54. The van der Waals surface area contributed by atoms with Crippen LogP contribution in [0.1, 0.15) is 30.4 Å². The third-order valence-corrected chi connectivity index (χ3v) is 4.74. The molecule has 3 heteroatoms. The second kappa shape index (κ2) is 7.17. The zero-order chi connectivity index (χ0) is 12.8. The molecular formula is C15H23NOS. The van der Waals surface area contributed by atoms with Crippen LogP contribution in [0.25, 0.3) is 0 Å². The molecule has 1 fully saturated rings. The van der Waals surface area contributed by atoms with Crippen molar-refractivity contribution in [2.75, 3.05) is 13.4 Å². The number of nitrogens with one attached hydrogen (secondary N) is 1. The van der Waals surface area contributed by atoms with E-state index in [1.807, 2.05) is 11.8 Å². The number of ether oxygens (including phenoxy) is 1. The van der Waals surface area contributed by atoms with E-state index in [4.69, 9.17) is 4.74 Å². The quantitative estimate of drug-likeness (QED) is 0.853. The van der Waals surface area contributed by atoms with E-state index in [1.54, 1.807) is 7.11 Å². The molecule has 0 radical (unpaired) electrons. The summed E-state index contributed by atoms with van der Waals surface area (Å²) in [4.78, 5) is 0. The molecule has 0 saturated heterocycles. The first-order chi connectivity index (χ1) is 8.81. The van der Waals surface area contributed by atoms with E-state index in [0.29, 0.717) is 12.6 Å². The van der Waals surface area contributed by atoms with Crippen molar-refractivity contribution < 1.29 is 4.74 Å². The Hall–Kier alpha value is -0.510. The van der Waals surface area contributed by atoms with E-state index < -0.39 is 0 Å². The van der Waals surface area contributed by atoms with Gasteiger partial charge in [-0.1, -0.05) is 24.3 Å². The summed E-state index contributed by atoms with van der Waals surface area (Å²) < 4.78 is 5.12. The fourth-order valence-electron chi connectivity index (χ4n) is 2.52. The molecule has 0 aliphatic heterocycles. The Balaban J connectivity index is 1.76. The fourth-order valence-corrected chi connectivity index (χ4v) is 3.32. The zero-order valence-electron chi connectivity index (χ0n) is 11.3. The van der Waals surface area contributed by atoms with Crippen molar-refractivity contribution in [3.05, 3.63) is 35.4 Å². The van der Waals surface area contributed by atoms with Gasteiger partial charge in [-0.3, -0.25) is 0 Å². The molecule has 0 heterocycles. The lowest BCUT2D eigenvalue weighted by Crippen LogP contribution is -2.26. The van der Waals surface area contributed by atoms with Crippen molar-refractivity contribution in [1.82, 2.24) is 5.32 Å². The molecule has 1 aliphatic carbocycles. The van der Waals surface area contributed by atoms with Gasteiger partial charge in [-0.05, 0) is 36.6 Å². The number of hydrogen-bond donors (Lipinski definition) is 1. The van der Waals surface area contributed by atoms with Crippen molar-refractivity contribution in [1.29, 1.82) is 0 Å². The maximum Gasteiger partial charge on any atom is 0.0713 e. The molecule has 1 aromatic carbocycles. The average molecular weight is 265 g/mol. The molecule has 0 aromatic heterocycles. The van der Waals surface area contributed by atoms with E-state index >= 15 is 0 Å². The maximum atomic E-state index is 5.12. The Morgan fingerprint density at radius 2 is 1.94 bits per heavy atom. The highest BCUT2D eigenvalue weighted by atomic mass is 32.2. The van der Waals surface area contributed by atoms with Crippen molar-refractivity contribution in [3.8, 4) is 0 Å². The lowest BCUT2D eigenvalue weighted by atomic mass is 10.1. The smallest absolute Gasteiger partial charge is 0.0713 e. The normalized spacial score (nSPS) is 23.4. The maximum absolute atomic E-state index is 5.12. The molecular weight excluding hydrogens is 242 g/mol. The highest BCUT2D eigenvalue weighted by molar-refractivity contribution is 7.99. The van der Waals surface area contributed by atoms with Gasteiger partial charge >= 0.3 is 0 Å². The molecule has 18 heavy (non-hydrogen) atoms. The summed E-state index contributed by atoms with van der Waals surface area (Å²) in [5.41, 5.74) is 2.60. The molecule has 1 saturated carbocycles. The fraction of sp³-hybridized carbons (Fsp3) is 0.600. The second-order valence-corrected chi connectivity index (χ2v) is 6.14. The molecule has 1 aliphatic rings. The number of benzene rings is 1. The van der Waals surface area contributed by atoms with Gasteiger partial charge in [0, 0.05) is 24.9 Å². The Bertz CT molecular complexity index is 352. The van der Waals surface area contributed by atoms with E-state index in [-0.39, 0.29) is 0 Å². The van der Waals surface area contributed by atoms with Crippen molar-refractivity contribution in [3.63, 3.8) is 0 Å². The van der Waals surface area contributed by atoms with Crippen molar-refractivity contribution in [2.45, 2.75) is 43.7 Å². The highest BCUT2D eigenvalue weighted by Gasteiger charge is 2.22. The van der Waals surface area contributed by atoms with Crippen LogP contribution in [0.3, 0.4) is 0 Å². The van der Waals surface area contributed by atoms with Crippen LogP contribution in [0.5, 0.6) is 0 Å². The van der Waals surface area contributed by atoms with Gasteiger partial charge in [0.15, 0.2) is 0 Å². The van der Waals surface area contributed by atoms with Crippen LogP contribution in [0, 0.1) is 0 Å². The molecule has 1 aromatic rings. The Morgan fingerprint density at radius 1 is 1.22 bits per heavy atom. The van der Waals surface area contributed by atoms with E-state index in [0.717, 1.165) is 11.8 Å². The summed E-state index contributed by atoms with van der Waals surface area (Å²) in [6.07, 6.45) is 6.24. The third-order valence-electron chi connectivity index (χ3n) is 3.65. The summed E-state index contributed by atoms with van der Waals surface area (Å²) in [5, 5.41) is 4.54. The lowest BCUT2D eigenvalue weighted by Gasteiger charge is -2.13. The lowest BCUT2D eigenvalue weighted by molar-refractivity contribution is 0.185. The van der Waals surface area contributed by atoms with Crippen LogP contribution in [-0.4, -0.2) is 24.7 Å². The van der Waals surface area contributed by atoms with Gasteiger partial charge in [0.05, 0.1) is 6.61 Å². The summed E-state index contributed by atoms with van der Waals surface area (Å²) in [6, 6.07) is 9.41. The Morgan fingerprint density at radius 3 is 2.56 bits per heavy atom. The van der Waals surface area contributed by atoms with Gasteiger partial charge < -0.3 is 10.1 Å². The summed E-state index contributed by atoms with van der Waals surface area (Å²) >= 11 is 2.01. The average Bonchev–Trinajstić information content (AvgIpc) is 2.86. The second-order valence-electron chi connectivity index (χ2n) is 5.00. The topological polar surface area (TPSA) is 21.3 Å². The molecule has 0 amide bonds. The van der Waals surface area contributed by atoms with E-state index in [2.05, 4.69) is 35.8 Å². The van der Waals surface area contributed by atoms with Crippen LogP contribution in [0.4, 0.5) is 0 Å². The molecule has 2 unspecified atom stereocenters. The first kappa shape index (κ1) is 13.9. The number of rotatable bonds is 6. The number of methoxy groups -OCH3 is 1. The number of thioether (sulfide) groups is 1. The monoisotopic (exact) mass is 265 g/mol. The standard InChI is InChI=1S/C15H23NOS/c1-17-11-13-5-3-12(4-6-13)10-16-14-7-8-15(9-14)18-2/h3-6,14-16H,7-11H2,1-2H3. The van der Waals surface area contributed by atoms with E-state index in [9.17, 15) is 0 Å². The Labute approximate surface area is 114 Å².